The Morgan fingerprint density at radius 1 is 1.29 bits per heavy atom. The number of unbranched alkanes of at least 4 members (excludes halogenated alkanes) is 1. The van der Waals surface area contributed by atoms with Gasteiger partial charge in [-0.05, 0) is 18.6 Å². The van der Waals surface area contributed by atoms with Crippen LogP contribution in [0.1, 0.15) is 19.8 Å². The number of hydrogen-bond donors (Lipinski definition) is 0. The van der Waals surface area contributed by atoms with Gasteiger partial charge in [0, 0.05) is 12.8 Å². The lowest BCUT2D eigenvalue weighted by Gasteiger charge is -2.06. The molecular weight excluding hydrogens is 236 g/mol. The van der Waals surface area contributed by atoms with Gasteiger partial charge in [0.25, 0.3) is 0 Å². The summed E-state index contributed by atoms with van der Waals surface area (Å²) in [6.45, 7) is 2.78. The van der Waals surface area contributed by atoms with Crippen LogP contribution in [-0.2, 0) is 16.4 Å². The first-order valence-corrected chi connectivity index (χ1v) is 7.58. The standard InChI is InChI=1S/C12H16N2O2S/c1-3-4-9-14-11-8-6-5-7-10(11)13-12(14)17(2,15)16/h5-8H,3-4,9H2,1-2H3. The summed E-state index contributed by atoms with van der Waals surface area (Å²) in [6.07, 6.45) is 3.18. The minimum Gasteiger partial charge on any atom is -0.315 e. The number of aromatic nitrogens is 2. The van der Waals surface area contributed by atoms with Crippen LogP contribution < -0.4 is 0 Å². The van der Waals surface area contributed by atoms with E-state index in [1.54, 1.807) is 4.57 Å². The number of imidazole rings is 1. The lowest BCUT2D eigenvalue weighted by atomic mass is 10.3. The zero-order chi connectivity index (χ0) is 12.5. The van der Waals surface area contributed by atoms with Crippen LogP contribution in [-0.4, -0.2) is 24.2 Å². The number of nitrogens with zero attached hydrogens (tertiary/aromatic N) is 2. The third-order valence-corrected chi connectivity index (χ3v) is 3.66. The predicted octanol–water partition coefficient (Wildman–Crippen LogP) is 2.24. The van der Waals surface area contributed by atoms with Crippen molar-refractivity contribution in [1.29, 1.82) is 0 Å². The Bertz CT molecular complexity index is 629. The van der Waals surface area contributed by atoms with Crippen molar-refractivity contribution in [1.82, 2.24) is 9.55 Å². The summed E-state index contributed by atoms with van der Waals surface area (Å²) in [5.74, 6) is 0. The monoisotopic (exact) mass is 252 g/mol. The van der Waals surface area contributed by atoms with E-state index in [-0.39, 0.29) is 5.16 Å². The second-order valence-corrected chi connectivity index (χ2v) is 6.07. The van der Waals surface area contributed by atoms with Crippen LogP contribution in [0.4, 0.5) is 0 Å². The second kappa shape index (κ2) is 4.49. The van der Waals surface area contributed by atoms with Crippen molar-refractivity contribution < 1.29 is 8.42 Å². The third kappa shape index (κ3) is 2.34. The number of sulfone groups is 1. The van der Waals surface area contributed by atoms with Crippen molar-refractivity contribution in [2.75, 3.05) is 6.26 Å². The predicted molar refractivity (Wildman–Crippen MR) is 67.8 cm³/mol. The minimum atomic E-state index is -3.27. The Labute approximate surface area is 101 Å². The number of aryl methyl sites for hydroxylation is 1. The molecule has 0 aliphatic rings. The highest BCUT2D eigenvalue weighted by Crippen LogP contribution is 2.20. The minimum absolute atomic E-state index is 0.173. The largest absolute Gasteiger partial charge is 0.315 e. The van der Waals surface area contributed by atoms with Gasteiger partial charge in [0.2, 0.25) is 15.0 Å². The van der Waals surface area contributed by atoms with Crippen LogP contribution in [0, 0.1) is 0 Å². The van der Waals surface area contributed by atoms with Crippen LogP contribution in [0.15, 0.2) is 29.4 Å². The van der Waals surface area contributed by atoms with Crippen LogP contribution in [0.2, 0.25) is 0 Å². The van der Waals surface area contributed by atoms with Crippen molar-refractivity contribution >= 4 is 20.9 Å². The quantitative estimate of drug-likeness (QED) is 0.838. The average Bonchev–Trinajstić information content (AvgIpc) is 2.65. The number of benzene rings is 1. The van der Waals surface area contributed by atoms with Crippen LogP contribution in [0.3, 0.4) is 0 Å². The molecule has 0 radical (unpaired) electrons. The Hall–Kier alpha value is -1.36. The molecule has 0 fully saturated rings. The summed E-state index contributed by atoms with van der Waals surface area (Å²) >= 11 is 0. The van der Waals surface area contributed by atoms with E-state index in [2.05, 4.69) is 11.9 Å². The first-order chi connectivity index (χ1) is 8.04. The van der Waals surface area contributed by atoms with E-state index >= 15 is 0 Å². The molecule has 1 heterocycles. The van der Waals surface area contributed by atoms with Gasteiger partial charge in [0.1, 0.15) is 0 Å². The molecule has 0 atom stereocenters. The molecule has 0 bridgehead atoms. The van der Waals surface area contributed by atoms with Gasteiger partial charge in [-0.1, -0.05) is 25.5 Å². The summed E-state index contributed by atoms with van der Waals surface area (Å²) in [4.78, 5) is 4.21. The van der Waals surface area contributed by atoms with E-state index in [0.29, 0.717) is 6.54 Å². The summed E-state index contributed by atoms with van der Waals surface area (Å²) in [7, 11) is -3.27. The summed E-state index contributed by atoms with van der Waals surface area (Å²) in [5, 5.41) is 0.173. The molecule has 92 valence electrons. The lowest BCUT2D eigenvalue weighted by Crippen LogP contribution is -2.09. The normalized spacial score (nSPS) is 12.1. The first-order valence-electron chi connectivity index (χ1n) is 5.69. The molecule has 0 aliphatic heterocycles. The van der Waals surface area contributed by atoms with Gasteiger partial charge in [-0.3, -0.25) is 0 Å². The Kier molecular flexibility index (Phi) is 3.19. The maximum Gasteiger partial charge on any atom is 0.228 e. The summed E-state index contributed by atoms with van der Waals surface area (Å²) < 4.78 is 25.2. The number of fused-ring (bicyclic) bond motifs is 1. The molecule has 0 spiro atoms. The smallest absolute Gasteiger partial charge is 0.228 e. The molecule has 5 heteroatoms. The van der Waals surface area contributed by atoms with Crippen LogP contribution in [0.5, 0.6) is 0 Å². The van der Waals surface area contributed by atoms with E-state index in [9.17, 15) is 8.42 Å². The number of rotatable bonds is 4. The highest BCUT2D eigenvalue weighted by Gasteiger charge is 2.18. The fourth-order valence-electron chi connectivity index (χ4n) is 1.87. The Balaban J connectivity index is 2.65. The second-order valence-electron chi connectivity index (χ2n) is 4.16. The molecule has 0 unspecified atom stereocenters. The molecule has 0 amide bonds. The molecule has 1 aromatic carbocycles. The Morgan fingerprint density at radius 3 is 2.65 bits per heavy atom. The summed E-state index contributed by atoms with van der Waals surface area (Å²) in [5.41, 5.74) is 1.63. The van der Waals surface area contributed by atoms with Gasteiger partial charge >= 0.3 is 0 Å². The molecule has 2 aromatic rings. The lowest BCUT2D eigenvalue weighted by molar-refractivity contribution is 0.557. The molecule has 4 nitrogen and oxygen atoms in total. The summed E-state index contributed by atoms with van der Waals surface area (Å²) in [6, 6.07) is 7.52. The maximum absolute atomic E-state index is 11.7. The van der Waals surface area contributed by atoms with Gasteiger partial charge < -0.3 is 4.57 Å². The molecule has 2 rings (SSSR count). The molecular formula is C12H16N2O2S. The van der Waals surface area contributed by atoms with Gasteiger partial charge in [-0.15, -0.1) is 0 Å². The Morgan fingerprint density at radius 2 is 2.00 bits per heavy atom. The van der Waals surface area contributed by atoms with Crippen molar-refractivity contribution in [3.63, 3.8) is 0 Å². The zero-order valence-corrected chi connectivity index (χ0v) is 10.9. The fraction of sp³-hybridized carbons (Fsp3) is 0.417. The highest BCUT2D eigenvalue weighted by atomic mass is 32.2. The van der Waals surface area contributed by atoms with E-state index in [1.807, 2.05) is 24.3 Å². The van der Waals surface area contributed by atoms with Gasteiger partial charge in [0.05, 0.1) is 11.0 Å². The van der Waals surface area contributed by atoms with Crippen molar-refractivity contribution in [2.24, 2.45) is 0 Å². The zero-order valence-electron chi connectivity index (χ0n) is 10.0. The molecule has 1 aromatic heterocycles. The molecule has 17 heavy (non-hydrogen) atoms. The van der Waals surface area contributed by atoms with Gasteiger partial charge in [-0.25, -0.2) is 13.4 Å². The van der Waals surface area contributed by atoms with Crippen LogP contribution in [0.25, 0.3) is 11.0 Å². The highest BCUT2D eigenvalue weighted by molar-refractivity contribution is 7.90. The maximum atomic E-state index is 11.7. The van der Waals surface area contributed by atoms with Gasteiger partial charge in [0.15, 0.2) is 0 Å². The van der Waals surface area contributed by atoms with Crippen molar-refractivity contribution in [2.45, 2.75) is 31.5 Å². The van der Waals surface area contributed by atoms with Crippen molar-refractivity contribution in [3.8, 4) is 0 Å². The van der Waals surface area contributed by atoms with E-state index in [1.165, 1.54) is 6.26 Å². The topological polar surface area (TPSA) is 52.0 Å². The van der Waals surface area contributed by atoms with E-state index in [0.717, 1.165) is 23.9 Å². The SMILES string of the molecule is CCCCn1c(S(C)(=O)=O)nc2ccccc21. The number of hydrogen-bond acceptors (Lipinski definition) is 3. The molecule has 0 saturated heterocycles. The van der Waals surface area contributed by atoms with Crippen molar-refractivity contribution in [3.05, 3.63) is 24.3 Å². The third-order valence-electron chi connectivity index (χ3n) is 2.69. The fourth-order valence-corrected chi connectivity index (χ4v) is 2.72. The number of para-hydroxylation sites is 2. The van der Waals surface area contributed by atoms with Gasteiger partial charge in [-0.2, -0.15) is 0 Å². The van der Waals surface area contributed by atoms with E-state index in [4.69, 9.17) is 0 Å². The van der Waals surface area contributed by atoms with Crippen LogP contribution >= 0.6 is 0 Å². The first kappa shape index (κ1) is 12.1. The average molecular weight is 252 g/mol. The molecule has 0 aliphatic carbocycles. The molecule has 0 N–H and O–H groups in total. The van der Waals surface area contributed by atoms with E-state index < -0.39 is 9.84 Å². The molecule has 0 saturated carbocycles.